The highest BCUT2D eigenvalue weighted by molar-refractivity contribution is 5.70. The Morgan fingerprint density at radius 3 is 2.65 bits per heavy atom. The van der Waals surface area contributed by atoms with Crippen molar-refractivity contribution >= 4 is 5.82 Å². The van der Waals surface area contributed by atoms with Crippen LogP contribution in [0.2, 0.25) is 0 Å². The fourth-order valence-electron chi connectivity index (χ4n) is 1.71. The molecular weight excluding hydrogens is 212 g/mol. The van der Waals surface area contributed by atoms with E-state index in [1.54, 1.807) is 18.5 Å². The average molecular weight is 224 g/mol. The Labute approximate surface area is 99.8 Å². The second kappa shape index (κ2) is 4.62. The lowest BCUT2D eigenvalue weighted by molar-refractivity contribution is 1.04. The van der Waals surface area contributed by atoms with Crippen LogP contribution >= 0.6 is 0 Å². The SMILES string of the molecule is CCc1nc(N)c(C#N)cc1-c1ccncc1. The zero-order chi connectivity index (χ0) is 12.3. The van der Waals surface area contributed by atoms with Gasteiger partial charge in [-0.05, 0) is 30.2 Å². The van der Waals surface area contributed by atoms with Crippen LogP contribution in [-0.2, 0) is 6.42 Å². The lowest BCUT2D eigenvalue weighted by Crippen LogP contribution is -2.01. The van der Waals surface area contributed by atoms with Gasteiger partial charge in [-0.1, -0.05) is 6.92 Å². The second-order valence-corrected chi connectivity index (χ2v) is 3.62. The largest absolute Gasteiger partial charge is 0.383 e. The highest BCUT2D eigenvalue weighted by Crippen LogP contribution is 2.25. The number of rotatable bonds is 2. The van der Waals surface area contributed by atoms with Crippen LogP contribution in [0.3, 0.4) is 0 Å². The van der Waals surface area contributed by atoms with Gasteiger partial charge in [0.1, 0.15) is 11.9 Å². The summed E-state index contributed by atoms with van der Waals surface area (Å²) in [5.41, 5.74) is 8.96. The Kier molecular flexibility index (Phi) is 3.01. The highest BCUT2D eigenvalue weighted by Gasteiger charge is 2.09. The zero-order valence-corrected chi connectivity index (χ0v) is 9.51. The number of hydrogen-bond donors (Lipinski definition) is 1. The molecule has 2 heterocycles. The first-order valence-electron chi connectivity index (χ1n) is 5.36. The lowest BCUT2D eigenvalue weighted by atomic mass is 10.0. The van der Waals surface area contributed by atoms with Gasteiger partial charge in [0.15, 0.2) is 0 Å². The molecule has 0 saturated heterocycles. The molecule has 2 rings (SSSR count). The van der Waals surface area contributed by atoms with Crippen molar-refractivity contribution in [2.45, 2.75) is 13.3 Å². The van der Waals surface area contributed by atoms with E-state index in [1.165, 1.54) is 0 Å². The second-order valence-electron chi connectivity index (χ2n) is 3.62. The number of hydrogen-bond acceptors (Lipinski definition) is 4. The van der Waals surface area contributed by atoms with Gasteiger partial charge in [-0.2, -0.15) is 5.26 Å². The number of anilines is 1. The van der Waals surface area contributed by atoms with Gasteiger partial charge in [-0.15, -0.1) is 0 Å². The first-order valence-corrected chi connectivity index (χ1v) is 5.36. The number of aromatic nitrogens is 2. The molecule has 4 nitrogen and oxygen atoms in total. The summed E-state index contributed by atoms with van der Waals surface area (Å²) in [5.74, 6) is 0.294. The minimum atomic E-state index is 0.294. The molecule has 0 aliphatic rings. The van der Waals surface area contributed by atoms with E-state index in [9.17, 15) is 0 Å². The summed E-state index contributed by atoms with van der Waals surface area (Å²) in [6.07, 6.45) is 4.21. The van der Waals surface area contributed by atoms with E-state index in [-0.39, 0.29) is 0 Å². The zero-order valence-electron chi connectivity index (χ0n) is 9.51. The average Bonchev–Trinajstić information content (AvgIpc) is 2.39. The minimum Gasteiger partial charge on any atom is -0.383 e. The number of nitrogens with two attached hydrogens (primary N) is 1. The van der Waals surface area contributed by atoms with E-state index in [1.807, 2.05) is 19.1 Å². The predicted molar refractivity (Wildman–Crippen MR) is 66.0 cm³/mol. The Hall–Kier alpha value is -2.41. The molecular formula is C13H12N4. The standard InChI is InChI=1S/C13H12N4/c1-2-12-11(9-3-5-16-6-4-9)7-10(8-14)13(15)17-12/h3-7H,2H2,1H3,(H2,15,17). The van der Waals surface area contributed by atoms with Crippen LogP contribution in [0, 0.1) is 11.3 Å². The van der Waals surface area contributed by atoms with Crippen molar-refractivity contribution < 1.29 is 0 Å². The van der Waals surface area contributed by atoms with Crippen molar-refractivity contribution in [2.75, 3.05) is 5.73 Å². The van der Waals surface area contributed by atoms with Crippen LogP contribution in [0.5, 0.6) is 0 Å². The molecule has 0 bridgehead atoms. The van der Waals surface area contributed by atoms with Gasteiger partial charge < -0.3 is 5.73 Å². The molecule has 0 aliphatic carbocycles. The molecule has 17 heavy (non-hydrogen) atoms. The maximum absolute atomic E-state index is 8.97. The molecule has 4 heteroatoms. The van der Waals surface area contributed by atoms with Gasteiger partial charge in [0.05, 0.1) is 11.3 Å². The number of pyridine rings is 2. The Morgan fingerprint density at radius 2 is 2.06 bits per heavy atom. The van der Waals surface area contributed by atoms with Crippen LogP contribution in [-0.4, -0.2) is 9.97 Å². The van der Waals surface area contributed by atoms with E-state index in [0.29, 0.717) is 11.4 Å². The maximum Gasteiger partial charge on any atom is 0.141 e. The van der Waals surface area contributed by atoms with Gasteiger partial charge in [0.2, 0.25) is 0 Å². The van der Waals surface area contributed by atoms with E-state index in [0.717, 1.165) is 23.2 Å². The fourth-order valence-corrected chi connectivity index (χ4v) is 1.71. The molecule has 0 aliphatic heterocycles. The van der Waals surface area contributed by atoms with Crippen molar-refractivity contribution in [2.24, 2.45) is 0 Å². The third kappa shape index (κ3) is 2.08. The number of nitrogen functional groups attached to an aromatic ring is 1. The third-order valence-electron chi connectivity index (χ3n) is 2.58. The number of nitrogens with zero attached hydrogens (tertiary/aromatic N) is 3. The van der Waals surface area contributed by atoms with Crippen molar-refractivity contribution in [3.63, 3.8) is 0 Å². The molecule has 0 aromatic carbocycles. The third-order valence-corrected chi connectivity index (χ3v) is 2.58. The van der Waals surface area contributed by atoms with Gasteiger partial charge in [-0.3, -0.25) is 4.98 Å². The van der Waals surface area contributed by atoms with Crippen LogP contribution in [0.25, 0.3) is 11.1 Å². The van der Waals surface area contributed by atoms with Crippen LogP contribution in [0.4, 0.5) is 5.82 Å². The van der Waals surface area contributed by atoms with E-state index in [4.69, 9.17) is 11.0 Å². The molecule has 2 aromatic rings. The Bertz CT molecular complexity index is 570. The summed E-state index contributed by atoms with van der Waals surface area (Å²) in [6.45, 7) is 2.01. The van der Waals surface area contributed by atoms with Gasteiger partial charge in [0, 0.05) is 18.0 Å². The van der Waals surface area contributed by atoms with E-state index < -0.39 is 0 Å². The first kappa shape index (κ1) is 11.1. The highest BCUT2D eigenvalue weighted by atomic mass is 14.8. The molecule has 2 N–H and O–H groups in total. The Balaban J connectivity index is 2.65. The quantitative estimate of drug-likeness (QED) is 0.848. The number of aryl methyl sites for hydroxylation is 1. The summed E-state index contributed by atoms with van der Waals surface area (Å²) < 4.78 is 0. The monoisotopic (exact) mass is 224 g/mol. The molecule has 0 atom stereocenters. The van der Waals surface area contributed by atoms with Crippen LogP contribution in [0.15, 0.2) is 30.6 Å². The first-order chi connectivity index (χ1) is 8.26. The summed E-state index contributed by atoms with van der Waals surface area (Å²) in [5, 5.41) is 8.97. The molecule has 0 saturated carbocycles. The molecule has 0 fully saturated rings. The summed E-state index contributed by atoms with van der Waals surface area (Å²) in [7, 11) is 0. The van der Waals surface area contributed by atoms with Crippen molar-refractivity contribution in [1.82, 2.24) is 9.97 Å². The molecule has 0 radical (unpaired) electrons. The van der Waals surface area contributed by atoms with Crippen molar-refractivity contribution in [3.8, 4) is 17.2 Å². The van der Waals surface area contributed by atoms with Gasteiger partial charge in [-0.25, -0.2) is 4.98 Å². The van der Waals surface area contributed by atoms with Crippen LogP contribution in [0.1, 0.15) is 18.2 Å². The smallest absolute Gasteiger partial charge is 0.141 e. The summed E-state index contributed by atoms with van der Waals surface area (Å²) in [4.78, 5) is 8.25. The molecule has 2 aromatic heterocycles. The molecule has 0 unspecified atom stereocenters. The van der Waals surface area contributed by atoms with E-state index >= 15 is 0 Å². The van der Waals surface area contributed by atoms with Gasteiger partial charge >= 0.3 is 0 Å². The fraction of sp³-hybridized carbons (Fsp3) is 0.154. The van der Waals surface area contributed by atoms with E-state index in [2.05, 4.69) is 16.0 Å². The van der Waals surface area contributed by atoms with Crippen LogP contribution < -0.4 is 5.73 Å². The number of nitriles is 1. The molecule has 0 spiro atoms. The molecule has 84 valence electrons. The molecule has 0 amide bonds. The Morgan fingerprint density at radius 1 is 1.35 bits per heavy atom. The summed E-state index contributed by atoms with van der Waals surface area (Å²) >= 11 is 0. The van der Waals surface area contributed by atoms with Gasteiger partial charge in [0.25, 0.3) is 0 Å². The maximum atomic E-state index is 8.97. The lowest BCUT2D eigenvalue weighted by Gasteiger charge is -2.09. The summed E-state index contributed by atoms with van der Waals surface area (Å²) in [6, 6.07) is 7.63. The topological polar surface area (TPSA) is 75.6 Å². The minimum absolute atomic E-state index is 0.294. The predicted octanol–water partition coefficient (Wildman–Crippen LogP) is 2.16. The van der Waals surface area contributed by atoms with Crippen molar-refractivity contribution in [1.29, 1.82) is 5.26 Å². The van der Waals surface area contributed by atoms with Crippen molar-refractivity contribution in [3.05, 3.63) is 41.9 Å². The normalized spacial score (nSPS) is 9.88.